The van der Waals surface area contributed by atoms with Gasteiger partial charge in [-0.15, -0.1) is 0 Å². The Morgan fingerprint density at radius 2 is 2.06 bits per heavy atom. The van der Waals surface area contributed by atoms with Gasteiger partial charge in [-0.25, -0.2) is 4.39 Å². The molecule has 1 unspecified atom stereocenters. The zero-order valence-corrected chi connectivity index (χ0v) is 11.1. The van der Waals surface area contributed by atoms with E-state index in [0.29, 0.717) is 11.3 Å². The number of benzene rings is 1. The highest BCUT2D eigenvalue weighted by Crippen LogP contribution is 2.35. The lowest BCUT2D eigenvalue weighted by Crippen LogP contribution is -1.97. The summed E-state index contributed by atoms with van der Waals surface area (Å²) in [6.07, 6.45) is 1.60. The van der Waals surface area contributed by atoms with Crippen LogP contribution in [0.2, 0.25) is 0 Å². The second-order valence-electron chi connectivity index (χ2n) is 3.68. The summed E-state index contributed by atoms with van der Waals surface area (Å²) in [6, 6.07) is 6.65. The van der Waals surface area contributed by atoms with Gasteiger partial charge in [-0.2, -0.15) is 0 Å². The van der Waals surface area contributed by atoms with Crippen LogP contribution in [0.15, 0.2) is 34.9 Å². The fourth-order valence-electron chi connectivity index (χ4n) is 1.67. The molecule has 0 saturated carbocycles. The monoisotopic (exact) mass is 298 g/mol. The summed E-state index contributed by atoms with van der Waals surface area (Å²) in [5.74, 6) is 0.990. The lowest BCUT2D eigenvalue weighted by atomic mass is 10.0. The maximum absolute atomic E-state index is 13.9. The SMILES string of the molecule is COc1ccc(C(Br)c2ccoc2C)c(F)c1. The molecule has 17 heavy (non-hydrogen) atoms. The summed E-state index contributed by atoms with van der Waals surface area (Å²) in [7, 11) is 1.51. The Morgan fingerprint density at radius 3 is 2.59 bits per heavy atom. The van der Waals surface area contributed by atoms with Gasteiger partial charge in [-0.3, -0.25) is 0 Å². The van der Waals surface area contributed by atoms with E-state index in [0.717, 1.165) is 11.3 Å². The Morgan fingerprint density at radius 1 is 1.29 bits per heavy atom. The molecule has 0 aliphatic carbocycles. The average molecular weight is 299 g/mol. The van der Waals surface area contributed by atoms with Gasteiger partial charge in [0.2, 0.25) is 0 Å². The summed E-state index contributed by atoms with van der Waals surface area (Å²) in [5.41, 5.74) is 1.49. The van der Waals surface area contributed by atoms with Gasteiger partial charge < -0.3 is 9.15 Å². The van der Waals surface area contributed by atoms with Crippen LogP contribution in [0.4, 0.5) is 4.39 Å². The number of halogens is 2. The van der Waals surface area contributed by atoms with Crippen LogP contribution >= 0.6 is 15.9 Å². The van der Waals surface area contributed by atoms with Crippen molar-refractivity contribution < 1.29 is 13.5 Å². The van der Waals surface area contributed by atoms with Crippen molar-refractivity contribution in [3.8, 4) is 5.75 Å². The smallest absolute Gasteiger partial charge is 0.131 e. The first-order valence-electron chi connectivity index (χ1n) is 5.15. The van der Waals surface area contributed by atoms with Crippen LogP contribution in [0.25, 0.3) is 0 Å². The summed E-state index contributed by atoms with van der Waals surface area (Å²) in [6.45, 7) is 1.85. The molecule has 0 radical (unpaired) electrons. The van der Waals surface area contributed by atoms with Gasteiger partial charge in [0.05, 0.1) is 18.2 Å². The lowest BCUT2D eigenvalue weighted by Gasteiger charge is -2.11. The van der Waals surface area contributed by atoms with Gasteiger partial charge in [0, 0.05) is 17.2 Å². The quantitative estimate of drug-likeness (QED) is 0.792. The molecule has 2 rings (SSSR count). The van der Waals surface area contributed by atoms with Gasteiger partial charge in [0.25, 0.3) is 0 Å². The van der Waals surface area contributed by atoms with Crippen molar-refractivity contribution in [2.75, 3.05) is 7.11 Å². The summed E-state index contributed by atoms with van der Waals surface area (Å²) >= 11 is 3.48. The van der Waals surface area contributed by atoms with Crippen LogP contribution in [-0.2, 0) is 0 Å². The molecule has 0 fully saturated rings. The summed E-state index contributed by atoms with van der Waals surface area (Å²) < 4.78 is 24.1. The van der Waals surface area contributed by atoms with Crippen molar-refractivity contribution in [2.45, 2.75) is 11.8 Å². The van der Waals surface area contributed by atoms with E-state index in [-0.39, 0.29) is 10.6 Å². The number of ether oxygens (including phenoxy) is 1. The highest BCUT2D eigenvalue weighted by Gasteiger charge is 2.18. The molecule has 0 bridgehead atoms. The molecule has 1 atom stereocenters. The third-order valence-electron chi connectivity index (χ3n) is 2.65. The molecule has 0 aliphatic rings. The van der Waals surface area contributed by atoms with Crippen LogP contribution in [0.5, 0.6) is 5.75 Å². The zero-order valence-electron chi connectivity index (χ0n) is 9.54. The second kappa shape index (κ2) is 4.92. The number of hydrogen-bond acceptors (Lipinski definition) is 2. The minimum absolute atomic E-state index is 0.216. The van der Waals surface area contributed by atoms with Crippen molar-refractivity contribution in [3.05, 3.63) is 53.2 Å². The molecule has 2 aromatic rings. The van der Waals surface area contributed by atoms with Gasteiger partial charge in [-0.1, -0.05) is 22.0 Å². The maximum atomic E-state index is 13.9. The van der Waals surface area contributed by atoms with Crippen molar-refractivity contribution in [2.24, 2.45) is 0 Å². The molecule has 90 valence electrons. The number of hydrogen-bond donors (Lipinski definition) is 0. The number of methoxy groups -OCH3 is 1. The first kappa shape index (κ1) is 12.2. The van der Waals surface area contributed by atoms with E-state index in [1.165, 1.54) is 13.2 Å². The molecule has 1 aromatic carbocycles. The second-order valence-corrected chi connectivity index (χ2v) is 4.60. The van der Waals surface area contributed by atoms with Crippen molar-refractivity contribution in [1.29, 1.82) is 0 Å². The molecule has 0 saturated heterocycles. The molecule has 1 heterocycles. The van der Waals surface area contributed by atoms with E-state index < -0.39 is 0 Å². The van der Waals surface area contributed by atoms with Crippen LogP contribution < -0.4 is 4.74 Å². The minimum atomic E-state index is -0.299. The standard InChI is InChI=1S/C13H12BrFO2/c1-8-10(5-6-17-8)13(14)11-4-3-9(16-2)7-12(11)15/h3-7,13H,1-2H3. The predicted molar refractivity (Wildman–Crippen MR) is 67.2 cm³/mol. The van der Waals surface area contributed by atoms with Crippen LogP contribution in [0, 0.1) is 12.7 Å². The lowest BCUT2D eigenvalue weighted by molar-refractivity contribution is 0.411. The van der Waals surface area contributed by atoms with Crippen LogP contribution in [-0.4, -0.2) is 7.11 Å². The summed E-state index contributed by atoms with van der Waals surface area (Å²) in [4.78, 5) is -0.216. The van der Waals surface area contributed by atoms with Crippen molar-refractivity contribution in [3.63, 3.8) is 0 Å². The molecular weight excluding hydrogens is 287 g/mol. The van der Waals surface area contributed by atoms with Crippen LogP contribution in [0.1, 0.15) is 21.7 Å². The highest BCUT2D eigenvalue weighted by atomic mass is 79.9. The molecule has 1 aromatic heterocycles. The van der Waals surface area contributed by atoms with E-state index in [1.807, 2.05) is 13.0 Å². The number of alkyl halides is 1. The molecular formula is C13H12BrFO2. The number of aryl methyl sites for hydroxylation is 1. The number of rotatable bonds is 3. The molecule has 0 amide bonds. The average Bonchev–Trinajstić information content (AvgIpc) is 2.74. The Hall–Kier alpha value is -1.29. The highest BCUT2D eigenvalue weighted by molar-refractivity contribution is 9.09. The largest absolute Gasteiger partial charge is 0.497 e. The molecule has 0 spiro atoms. The van der Waals surface area contributed by atoms with Gasteiger partial charge in [0.1, 0.15) is 17.3 Å². The third kappa shape index (κ3) is 2.36. The topological polar surface area (TPSA) is 22.4 Å². The first-order valence-corrected chi connectivity index (χ1v) is 6.06. The van der Waals surface area contributed by atoms with E-state index in [4.69, 9.17) is 9.15 Å². The van der Waals surface area contributed by atoms with Gasteiger partial charge >= 0.3 is 0 Å². The van der Waals surface area contributed by atoms with Crippen molar-refractivity contribution in [1.82, 2.24) is 0 Å². The Kier molecular flexibility index (Phi) is 3.52. The first-order chi connectivity index (χ1) is 8.13. The third-order valence-corrected chi connectivity index (χ3v) is 3.64. The number of furan rings is 1. The molecule has 2 nitrogen and oxygen atoms in total. The van der Waals surface area contributed by atoms with E-state index >= 15 is 0 Å². The van der Waals surface area contributed by atoms with Gasteiger partial charge in [0.15, 0.2) is 0 Å². The fraction of sp³-hybridized carbons (Fsp3) is 0.231. The van der Waals surface area contributed by atoms with E-state index in [2.05, 4.69) is 15.9 Å². The fourth-order valence-corrected chi connectivity index (χ4v) is 2.51. The van der Waals surface area contributed by atoms with E-state index in [9.17, 15) is 4.39 Å². The molecule has 0 N–H and O–H groups in total. The van der Waals surface area contributed by atoms with Crippen LogP contribution in [0.3, 0.4) is 0 Å². The predicted octanol–water partition coefficient (Wildman–Crippen LogP) is 4.22. The molecule has 0 aliphatic heterocycles. The Balaban J connectivity index is 2.38. The van der Waals surface area contributed by atoms with E-state index in [1.54, 1.807) is 18.4 Å². The molecule has 4 heteroatoms. The van der Waals surface area contributed by atoms with Gasteiger partial charge in [-0.05, 0) is 19.1 Å². The minimum Gasteiger partial charge on any atom is -0.497 e. The zero-order chi connectivity index (χ0) is 12.4. The normalized spacial score (nSPS) is 12.5. The summed E-state index contributed by atoms with van der Waals surface area (Å²) in [5, 5.41) is 0. The Bertz CT molecular complexity index is 522. The van der Waals surface area contributed by atoms with Crippen molar-refractivity contribution >= 4 is 15.9 Å². The Labute approximate surface area is 108 Å². The maximum Gasteiger partial charge on any atom is 0.131 e.